The molecule has 0 aliphatic carbocycles. The number of para-hydroxylation sites is 1. The van der Waals surface area contributed by atoms with E-state index in [0.717, 1.165) is 42.8 Å². The standard InChI is InChI=1S/C19H20BrFN2O.ClH/c20-16-7-5-15(6-8-16)19(24)9-10-22-11-13-23(14-12-22)18-4-2-1-3-17(18)21;/h1-8H,9-14H2;1H. The van der Waals surface area contributed by atoms with E-state index in [9.17, 15) is 9.18 Å². The van der Waals surface area contributed by atoms with Crippen LogP contribution >= 0.6 is 28.3 Å². The maximum atomic E-state index is 13.8. The van der Waals surface area contributed by atoms with E-state index in [2.05, 4.69) is 25.7 Å². The van der Waals surface area contributed by atoms with E-state index in [1.54, 1.807) is 6.07 Å². The number of nitrogens with zero attached hydrogens (tertiary/aromatic N) is 2. The van der Waals surface area contributed by atoms with E-state index in [0.29, 0.717) is 12.1 Å². The zero-order valence-corrected chi connectivity index (χ0v) is 16.2. The minimum Gasteiger partial charge on any atom is -0.367 e. The van der Waals surface area contributed by atoms with Crippen LogP contribution in [0.1, 0.15) is 16.8 Å². The number of Topliss-reactive ketones (excluding diaryl/α,β-unsaturated/α-hetero) is 1. The van der Waals surface area contributed by atoms with Gasteiger partial charge < -0.3 is 4.90 Å². The molecule has 1 aliphatic heterocycles. The van der Waals surface area contributed by atoms with Crippen LogP contribution in [0.4, 0.5) is 10.1 Å². The molecule has 0 unspecified atom stereocenters. The van der Waals surface area contributed by atoms with Crippen molar-refractivity contribution in [2.75, 3.05) is 37.6 Å². The molecular weight excluding hydrogens is 407 g/mol. The summed E-state index contributed by atoms with van der Waals surface area (Å²) >= 11 is 3.38. The molecule has 0 spiro atoms. The zero-order valence-electron chi connectivity index (χ0n) is 13.8. The molecule has 0 aromatic heterocycles. The summed E-state index contributed by atoms with van der Waals surface area (Å²) < 4.78 is 14.8. The average molecular weight is 428 g/mol. The van der Waals surface area contributed by atoms with E-state index in [-0.39, 0.29) is 24.0 Å². The SMILES string of the molecule is Cl.O=C(CCN1CCN(c2ccccc2F)CC1)c1ccc(Br)cc1. The first kappa shape index (κ1) is 19.9. The summed E-state index contributed by atoms with van der Waals surface area (Å²) in [6.07, 6.45) is 0.515. The maximum Gasteiger partial charge on any atom is 0.164 e. The van der Waals surface area contributed by atoms with Crippen LogP contribution in [-0.2, 0) is 0 Å². The van der Waals surface area contributed by atoms with Gasteiger partial charge in [0.2, 0.25) is 0 Å². The van der Waals surface area contributed by atoms with Crippen molar-refractivity contribution in [2.24, 2.45) is 0 Å². The molecule has 2 aromatic carbocycles. The van der Waals surface area contributed by atoms with Gasteiger partial charge in [0.15, 0.2) is 5.78 Å². The van der Waals surface area contributed by atoms with E-state index in [1.807, 2.05) is 36.4 Å². The number of benzene rings is 2. The minimum atomic E-state index is -0.170. The molecule has 134 valence electrons. The Balaban J connectivity index is 0.00000225. The first-order valence-electron chi connectivity index (χ1n) is 8.14. The van der Waals surface area contributed by atoms with Crippen LogP contribution in [-0.4, -0.2) is 43.4 Å². The Morgan fingerprint density at radius 1 is 1.00 bits per heavy atom. The normalized spacial score (nSPS) is 14.9. The molecule has 1 aliphatic rings. The summed E-state index contributed by atoms with van der Waals surface area (Å²) in [5, 5.41) is 0. The number of piperazine rings is 1. The molecular formula is C19H21BrClFN2O. The topological polar surface area (TPSA) is 23.6 Å². The fourth-order valence-electron chi connectivity index (χ4n) is 2.96. The number of hydrogen-bond acceptors (Lipinski definition) is 3. The molecule has 1 heterocycles. The molecule has 3 nitrogen and oxygen atoms in total. The second-order valence-electron chi connectivity index (χ2n) is 5.96. The van der Waals surface area contributed by atoms with Crippen LogP contribution in [0.3, 0.4) is 0 Å². The highest BCUT2D eigenvalue weighted by Gasteiger charge is 2.19. The molecule has 0 bridgehead atoms. The van der Waals surface area contributed by atoms with Gasteiger partial charge in [0, 0.05) is 49.2 Å². The molecule has 1 fully saturated rings. The van der Waals surface area contributed by atoms with Gasteiger partial charge in [-0.1, -0.05) is 40.2 Å². The number of anilines is 1. The molecule has 6 heteroatoms. The Morgan fingerprint density at radius 3 is 2.28 bits per heavy atom. The second kappa shape index (κ2) is 9.32. The lowest BCUT2D eigenvalue weighted by Crippen LogP contribution is -2.47. The summed E-state index contributed by atoms with van der Waals surface area (Å²) in [6.45, 7) is 4.02. The van der Waals surface area contributed by atoms with Crippen molar-refractivity contribution in [3.05, 3.63) is 64.4 Å². The van der Waals surface area contributed by atoms with Crippen molar-refractivity contribution in [1.82, 2.24) is 4.90 Å². The van der Waals surface area contributed by atoms with Crippen molar-refractivity contribution in [1.29, 1.82) is 0 Å². The number of rotatable bonds is 5. The van der Waals surface area contributed by atoms with Crippen LogP contribution in [0.5, 0.6) is 0 Å². The van der Waals surface area contributed by atoms with Gasteiger partial charge >= 0.3 is 0 Å². The van der Waals surface area contributed by atoms with Crippen molar-refractivity contribution in [3.8, 4) is 0 Å². The summed E-state index contributed by atoms with van der Waals surface area (Å²) in [7, 11) is 0. The van der Waals surface area contributed by atoms with Crippen molar-refractivity contribution >= 4 is 39.8 Å². The van der Waals surface area contributed by atoms with Gasteiger partial charge in [-0.2, -0.15) is 0 Å². The third-order valence-corrected chi connectivity index (χ3v) is 4.92. The summed E-state index contributed by atoms with van der Waals surface area (Å²) in [4.78, 5) is 16.6. The van der Waals surface area contributed by atoms with Gasteiger partial charge in [0.05, 0.1) is 5.69 Å². The lowest BCUT2D eigenvalue weighted by atomic mass is 10.1. The van der Waals surface area contributed by atoms with E-state index in [1.165, 1.54) is 6.07 Å². The van der Waals surface area contributed by atoms with E-state index in [4.69, 9.17) is 0 Å². The van der Waals surface area contributed by atoms with Gasteiger partial charge in [-0.3, -0.25) is 9.69 Å². The monoisotopic (exact) mass is 426 g/mol. The fourth-order valence-corrected chi connectivity index (χ4v) is 3.22. The fraction of sp³-hybridized carbons (Fsp3) is 0.316. The van der Waals surface area contributed by atoms with Crippen LogP contribution < -0.4 is 4.90 Å². The first-order chi connectivity index (χ1) is 11.6. The molecule has 0 radical (unpaired) electrons. The summed E-state index contributed by atoms with van der Waals surface area (Å²) in [5.74, 6) is -0.00426. The highest BCUT2D eigenvalue weighted by atomic mass is 79.9. The molecule has 2 aromatic rings. The Bertz CT molecular complexity index is 703. The van der Waals surface area contributed by atoms with Gasteiger partial charge in [0.25, 0.3) is 0 Å². The van der Waals surface area contributed by atoms with Crippen LogP contribution in [0.2, 0.25) is 0 Å². The van der Waals surface area contributed by atoms with Gasteiger partial charge in [-0.15, -0.1) is 12.4 Å². The molecule has 0 N–H and O–H groups in total. The second-order valence-corrected chi connectivity index (χ2v) is 6.88. The molecule has 0 atom stereocenters. The largest absolute Gasteiger partial charge is 0.367 e. The first-order valence-corrected chi connectivity index (χ1v) is 8.93. The van der Waals surface area contributed by atoms with Crippen LogP contribution in [0.15, 0.2) is 53.0 Å². The maximum absolute atomic E-state index is 13.8. The number of halogens is 3. The van der Waals surface area contributed by atoms with Crippen molar-refractivity contribution in [2.45, 2.75) is 6.42 Å². The number of carbonyl (C=O) groups is 1. The lowest BCUT2D eigenvalue weighted by Gasteiger charge is -2.36. The lowest BCUT2D eigenvalue weighted by molar-refractivity contribution is 0.0962. The average Bonchev–Trinajstić information content (AvgIpc) is 2.61. The Labute approximate surface area is 162 Å². The Morgan fingerprint density at radius 2 is 1.64 bits per heavy atom. The van der Waals surface area contributed by atoms with Crippen LogP contribution in [0, 0.1) is 5.82 Å². The quantitative estimate of drug-likeness (QED) is 0.661. The smallest absolute Gasteiger partial charge is 0.164 e. The number of ketones is 1. The van der Waals surface area contributed by atoms with Crippen molar-refractivity contribution in [3.63, 3.8) is 0 Å². The van der Waals surface area contributed by atoms with Gasteiger partial charge in [-0.25, -0.2) is 4.39 Å². The van der Waals surface area contributed by atoms with Crippen molar-refractivity contribution < 1.29 is 9.18 Å². The zero-order chi connectivity index (χ0) is 16.9. The predicted octanol–water partition coefficient (Wildman–Crippen LogP) is 4.41. The van der Waals surface area contributed by atoms with Crippen LogP contribution in [0.25, 0.3) is 0 Å². The third kappa shape index (κ3) is 5.27. The van der Waals surface area contributed by atoms with Gasteiger partial charge in [0.1, 0.15) is 5.82 Å². The minimum absolute atomic E-state index is 0. The molecule has 0 saturated carbocycles. The highest BCUT2D eigenvalue weighted by Crippen LogP contribution is 2.20. The molecule has 0 amide bonds. The van der Waals surface area contributed by atoms with Gasteiger partial charge in [-0.05, 0) is 24.3 Å². The van der Waals surface area contributed by atoms with E-state index < -0.39 is 0 Å². The molecule has 3 rings (SSSR count). The number of hydrogen-bond donors (Lipinski definition) is 0. The molecule has 25 heavy (non-hydrogen) atoms. The summed E-state index contributed by atoms with van der Waals surface area (Å²) in [6, 6.07) is 14.4. The number of carbonyl (C=O) groups excluding carboxylic acids is 1. The summed E-state index contributed by atoms with van der Waals surface area (Å²) in [5.41, 5.74) is 1.42. The van der Waals surface area contributed by atoms with E-state index >= 15 is 0 Å². The highest BCUT2D eigenvalue weighted by molar-refractivity contribution is 9.10. The predicted molar refractivity (Wildman–Crippen MR) is 105 cm³/mol. The molecule has 1 saturated heterocycles. The Kier molecular flexibility index (Phi) is 7.41. The third-order valence-electron chi connectivity index (χ3n) is 4.39. The Hall–Kier alpha value is -1.43.